The van der Waals surface area contributed by atoms with E-state index in [9.17, 15) is 9.59 Å². The summed E-state index contributed by atoms with van der Waals surface area (Å²) in [5, 5.41) is 3.36. The Morgan fingerprint density at radius 3 is 2.74 bits per heavy atom. The second-order valence-corrected chi connectivity index (χ2v) is 7.84. The highest BCUT2D eigenvalue weighted by Gasteiger charge is 2.19. The standard InChI is InChI=1S/C21H20N6O3S/c28-19(23-16-6-3-7-17-20(16)25-31-24-17)13-27-18(12-26-8-10-30-11-9-26)22-15-5-2-1-4-14(15)21(27)29/h1-7H,8-13H2,(H,23,28). The van der Waals surface area contributed by atoms with E-state index in [0.717, 1.165) is 30.3 Å². The minimum absolute atomic E-state index is 0.135. The Kier molecular flexibility index (Phi) is 5.41. The number of hydrogen-bond acceptors (Lipinski definition) is 8. The van der Waals surface area contributed by atoms with Crippen LogP contribution in [0.3, 0.4) is 0 Å². The summed E-state index contributed by atoms with van der Waals surface area (Å²) >= 11 is 1.09. The lowest BCUT2D eigenvalue weighted by molar-refractivity contribution is -0.116. The molecule has 0 atom stereocenters. The minimum Gasteiger partial charge on any atom is -0.379 e. The molecule has 1 aliphatic rings. The largest absolute Gasteiger partial charge is 0.379 e. The molecule has 2 aromatic carbocycles. The van der Waals surface area contributed by atoms with Gasteiger partial charge in [-0.15, -0.1) is 0 Å². The van der Waals surface area contributed by atoms with Crippen LogP contribution in [0.2, 0.25) is 0 Å². The molecule has 4 aromatic rings. The van der Waals surface area contributed by atoms with Crippen LogP contribution in [0.15, 0.2) is 47.3 Å². The van der Waals surface area contributed by atoms with Gasteiger partial charge in [0.25, 0.3) is 5.56 Å². The molecule has 1 N–H and O–H groups in total. The lowest BCUT2D eigenvalue weighted by Gasteiger charge is -2.27. The molecule has 0 unspecified atom stereocenters. The van der Waals surface area contributed by atoms with Gasteiger partial charge in [-0.05, 0) is 24.3 Å². The van der Waals surface area contributed by atoms with Gasteiger partial charge in [0.2, 0.25) is 5.91 Å². The van der Waals surface area contributed by atoms with E-state index in [0.29, 0.717) is 47.7 Å². The van der Waals surface area contributed by atoms with Crippen molar-refractivity contribution < 1.29 is 9.53 Å². The summed E-state index contributed by atoms with van der Waals surface area (Å²) in [7, 11) is 0. The molecule has 1 fully saturated rings. The number of rotatable bonds is 5. The molecule has 0 saturated carbocycles. The van der Waals surface area contributed by atoms with Crippen molar-refractivity contribution in [1.82, 2.24) is 23.2 Å². The first-order valence-corrected chi connectivity index (χ1v) is 10.7. The molecule has 1 amide bonds. The van der Waals surface area contributed by atoms with Gasteiger partial charge in [-0.25, -0.2) is 4.98 Å². The number of fused-ring (bicyclic) bond motifs is 2. The van der Waals surface area contributed by atoms with Crippen LogP contribution in [-0.2, 0) is 22.6 Å². The first-order chi connectivity index (χ1) is 15.2. The molecule has 0 radical (unpaired) electrons. The average molecular weight is 436 g/mol. The molecular formula is C21H20N6O3S. The van der Waals surface area contributed by atoms with E-state index in [4.69, 9.17) is 9.72 Å². The lowest BCUT2D eigenvalue weighted by atomic mass is 10.2. The molecule has 9 nitrogen and oxygen atoms in total. The number of para-hydroxylation sites is 1. The van der Waals surface area contributed by atoms with Gasteiger partial charge in [-0.1, -0.05) is 18.2 Å². The maximum atomic E-state index is 13.2. The highest BCUT2D eigenvalue weighted by atomic mass is 32.1. The summed E-state index contributed by atoms with van der Waals surface area (Å²) in [6, 6.07) is 12.6. The fourth-order valence-corrected chi connectivity index (χ4v) is 4.25. The summed E-state index contributed by atoms with van der Waals surface area (Å²) in [6.45, 7) is 3.14. The number of benzene rings is 2. The zero-order chi connectivity index (χ0) is 21.2. The Bertz CT molecular complexity index is 1310. The molecule has 1 aliphatic heterocycles. The summed E-state index contributed by atoms with van der Waals surface area (Å²) in [6.07, 6.45) is 0. The molecule has 1 saturated heterocycles. The third-order valence-electron chi connectivity index (χ3n) is 5.27. The van der Waals surface area contributed by atoms with E-state index < -0.39 is 0 Å². The van der Waals surface area contributed by atoms with Gasteiger partial charge in [-0.2, -0.15) is 8.75 Å². The Balaban J connectivity index is 1.47. The molecule has 2 aromatic heterocycles. The number of aromatic nitrogens is 4. The second kappa shape index (κ2) is 8.50. The number of carbonyl (C=O) groups excluding carboxylic acids is 1. The number of nitrogens with zero attached hydrogens (tertiary/aromatic N) is 5. The maximum Gasteiger partial charge on any atom is 0.261 e. The normalized spacial score (nSPS) is 14.8. The van der Waals surface area contributed by atoms with Gasteiger partial charge in [0.1, 0.15) is 23.4 Å². The minimum atomic E-state index is -0.317. The number of anilines is 1. The molecule has 158 valence electrons. The van der Waals surface area contributed by atoms with Crippen LogP contribution < -0.4 is 10.9 Å². The number of hydrogen-bond donors (Lipinski definition) is 1. The fourth-order valence-electron chi connectivity index (χ4n) is 3.70. The van der Waals surface area contributed by atoms with Crippen molar-refractivity contribution in [2.75, 3.05) is 31.6 Å². The van der Waals surface area contributed by atoms with Gasteiger partial charge in [0.05, 0.1) is 48.1 Å². The molecule has 0 bridgehead atoms. The van der Waals surface area contributed by atoms with Crippen LogP contribution in [0, 0.1) is 0 Å². The van der Waals surface area contributed by atoms with Gasteiger partial charge in [0, 0.05) is 13.1 Å². The van der Waals surface area contributed by atoms with Crippen LogP contribution in [0.5, 0.6) is 0 Å². The van der Waals surface area contributed by atoms with Gasteiger partial charge in [-0.3, -0.25) is 19.1 Å². The van der Waals surface area contributed by atoms with E-state index in [1.165, 1.54) is 4.57 Å². The quantitative estimate of drug-likeness (QED) is 0.510. The number of carbonyl (C=O) groups is 1. The van der Waals surface area contributed by atoms with Crippen molar-refractivity contribution in [1.29, 1.82) is 0 Å². The van der Waals surface area contributed by atoms with Crippen LogP contribution in [0.1, 0.15) is 5.82 Å². The Labute approximate surface area is 181 Å². The number of nitrogens with one attached hydrogen (secondary N) is 1. The molecule has 31 heavy (non-hydrogen) atoms. The molecule has 5 rings (SSSR count). The van der Waals surface area contributed by atoms with E-state index in [-0.39, 0.29) is 18.0 Å². The number of morpholine rings is 1. The van der Waals surface area contributed by atoms with E-state index in [2.05, 4.69) is 19.0 Å². The highest BCUT2D eigenvalue weighted by Crippen LogP contribution is 2.21. The van der Waals surface area contributed by atoms with Gasteiger partial charge >= 0.3 is 0 Å². The van der Waals surface area contributed by atoms with Crippen molar-refractivity contribution in [2.24, 2.45) is 0 Å². The van der Waals surface area contributed by atoms with E-state index in [1.807, 2.05) is 24.3 Å². The first kappa shape index (κ1) is 19.7. The fraction of sp³-hybridized carbons (Fsp3) is 0.286. The van der Waals surface area contributed by atoms with Gasteiger partial charge in [0.15, 0.2) is 0 Å². The zero-order valence-corrected chi connectivity index (χ0v) is 17.5. The number of ether oxygens (including phenoxy) is 1. The van der Waals surface area contributed by atoms with Crippen molar-refractivity contribution >= 4 is 45.3 Å². The third-order valence-corrected chi connectivity index (χ3v) is 5.81. The maximum absolute atomic E-state index is 13.2. The zero-order valence-electron chi connectivity index (χ0n) is 16.7. The summed E-state index contributed by atoms with van der Waals surface area (Å²) in [5.74, 6) is 0.247. The topological polar surface area (TPSA) is 102 Å². The van der Waals surface area contributed by atoms with Crippen LogP contribution in [-0.4, -0.2) is 55.4 Å². The smallest absolute Gasteiger partial charge is 0.261 e. The van der Waals surface area contributed by atoms with E-state index in [1.54, 1.807) is 18.2 Å². The predicted molar refractivity (Wildman–Crippen MR) is 118 cm³/mol. The highest BCUT2D eigenvalue weighted by molar-refractivity contribution is 7.00. The third kappa shape index (κ3) is 4.05. The second-order valence-electron chi connectivity index (χ2n) is 7.31. The Morgan fingerprint density at radius 1 is 1.06 bits per heavy atom. The summed E-state index contributed by atoms with van der Waals surface area (Å²) < 4.78 is 15.3. The first-order valence-electron chi connectivity index (χ1n) is 9.99. The Hall–Kier alpha value is -3.21. The monoisotopic (exact) mass is 436 g/mol. The average Bonchev–Trinajstić information content (AvgIpc) is 3.27. The molecule has 0 spiro atoms. The van der Waals surface area contributed by atoms with Crippen molar-refractivity contribution in [3.63, 3.8) is 0 Å². The predicted octanol–water partition coefficient (Wildman–Crippen LogP) is 1.87. The van der Waals surface area contributed by atoms with Crippen molar-refractivity contribution in [3.05, 3.63) is 58.6 Å². The molecule has 3 heterocycles. The lowest BCUT2D eigenvalue weighted by Crippen LogP contribution is -2.39. The van der Waals surface area contributed by atoms with Gasteiger partial charge < -0.3 is 10.1 Å². The summed E-state index contributed by atoms with van der Waals surface area (Å²) in [4.78, 5) is 33.0. The van der Waals surface area contributed by atoms with Crippen LogP contribution in [0.25, 0.3) is 21.9 Å². The molecule has 10 heteroatoms. The summed E-state index contributed by atoms with van der Waals surface area (Å²) in [5.41, 5.74) is 2.34. The van der Waals surface area contributed by atoms with Crippen LogP contribution in [0.4, 0.5) is 5.69 Å². The van der Waals surface area contributed by atoms with Crippen molar-refractivity contribution in [2.45, 2.75) is 13.1 Å². The van der Waals surface area contributed by atoms with Crippen LogP contribution >= 0.6 is 11.7 Å². The van der Waals surface area contributed by atoms with E-state index >= 15 is 0 Å². The molecular weight excluding hydrogens is 416 g/mol. The molecule has 0 aliphatic carbocycles. The Morgan fingerprint density at radius 2 is 1.87 bits per heavy atom. The number of amides is 1. The van der Waals surface area contributed by atoms with Crippen molar-refractivity contribution in [3.8, 4) is 0 Å². The SMILES string of the molecule is O=C(Cn1c(CN2CCOCC2)nc2ccccc2c1=O)Nc1cccc2nsnc12.